The fourth-order valence-corrected chi connectivity index (χ4v) is 3.97. The van der Waals surface area contributed by atoms with Crippen LogP contribution in [0.5, 0.6) is 0 Å². The molecule has 0 atom stereocenters. The Hall–Kier alpha value is -3.32. The highest BCUT2D eigenvalue weighted by Gasteiger charge is 2.28. The van der Waals surface area contributed by atoms with E-state index >= 15 is 0 Å². The molecule has 29 heavy (non-hydrogen) atoms. The normalized spacial score (nSPS) is 13.2. The van der Waals surface area contributed by atoms with Gasteiger partial charge in [0.1, 0.15) is 0 Å². The minimum Gasteiger partial charge on any atom is -0.310 e. The lowest BCUT2D eigenvalue weighted by Gasteiger charge is -2.15. The molecular formula is C21H18ClN5O2. The van der Waals surface area contributed by atoms with Crippen LogP contribution in [-0.2, 0) is 20.1 Å². The van der Waals surface area contributed by atoms with Gasteiger partial charge in [-0.1, -0.05) is 41.9 Å². The van der Waals surface area contributed by atoms with Gasteiger partial charge in [-0.05, 0) is 29.8 Å². The maximum absolute atomic E-state index is 13.3. The van der Waals surface area contributed by atoms with Crippen molar-refractivity contribution in [3.8, 4) is 0 Å². The lowest BCUT2D eigenvalue weighted by Crippen LogP contribution is -2.40. The van der Waals surface area contributed by atoms with Crippen molar-refractivity contribution >= 4 is 34.4 Å². The number of hydrogen-bond acceptors (Lipinski definition) is 4. The quantitative estimate of drug-likeness (QED) is 0.524. The summed E-state index contributed by atoms with van der Waals surface area (Å²) in [6.45, 7) is 1.54. The summed E-state index contributed by atoms with van der Waals surface area (Å²) in [4.78, 5) is 32.9. The number of rotatable bonds is 3. The number of imidazole rings is 1. The molecule has 7 nitrogen and oxygen atoms in total. The number of anilines is 2. The highest BCUT2D eigenvalue weighted by atomic mass is 35.5. The minimum absolute atomic E-state index is 0.182. The van der Waals surface area contributed by atoms with E-state index in [1.54, 1.807) is 19.2 Å². The van der Waals surface area contributed by atoms with Crippen LogP contribution in [-0.4, -0.2) is 25.2 Å². The smallest absolute Gasteiger partial charge is 0.310 e. The standard InChI is InChI=1S/C21H18ClN5O2/c1-24-18-17(19(28)27(21(24)29)13-14-7-9-15(22)10-8-14)26-12-11-25(20(26)23-18)16-5-3-2-4-6-16/h2-10H,11-13H2,1H3. The molecule has 0 N–H and O–H groups in total. The van der Waals surface area contributed by atoms with E-state index in [-0.39, 0.29) is 17.8 Å². The number of hydrogen-bond donors (Lipinski definition) is 0. The summed E-state index contributed by atoms with van der Waals surface area (Å²) in [5.74, 6) is 0.683. The SMILES string of the molecule is Cn1c(=O)n(Cc2ccc(Cl)cc2)c(=O)c2c1nc1n2CCN1c1ccccc1. The van der Waals surface area contributed by atoms with Gasteiger partial charge in [0.2, 0.25) is 5.95 Å². The Kier molecular flexibility index (Phi) is 4.06. The monoisotopic (exact) mass is 407 g/mol. The first-order chi connectivity index (χ1) is 14.0. The van der Waals surface area contributed by atoms with Crippen molar-refractivity contribution in [1.82, 2.24) is 18.7 Å². The van der Waals surface area contributed by atoms with Gasteiger partial charge in [0.25, 0.3) is 5.56 Å². The second-order valence-electron chi connectivity index (χ2n) is 7.08. The molecule has 0 spiro atoms. The van der Waals surface area contributed by atoms with E-state index in [2.05, 4.69) is 9.88 Å². The number of aromatic nitrogens is 4. The second kappa shape index (κ2) is 6.63. The Balaban J connectivity index is 1.68. The Morgan fingerprint density at radius 3 is 2.45 bits per heavy atom. The number of aryl methyl sites for hydroxylation is 1. The van der Waals surface area contributed by atoms with Crippen LogP contribution in [0.1, 0.15) is 5.56 Å². The van der Waals surface area contributed by atoms with Crippen molar-refractivity contribution in [1.29, 1.82) is 0 Å². The second-order valence-corrected chi connectivity index (χ2v) is 7.52. The maximum atomic E-state index is 13.3. The van der Waals surface area contributed by atoms with Crippen molar-refractivity contribution in [2.24, 2.45) is 7.05 Å². The van der Waals surface area contributed by atoms with Crippen molar-refractivity contribution in [2.75, 3.05) is 11.4 Å². The highest BCUT2D eigenvalue weighted by Crippen LogP contribution is 2.31. The predicted molar refractivity (Wildman–Crippen MR) is 113 cm³/mol. The molecular weight excluding hydrogens is 390 g/mol. The molecule has 3 heterocycles. The Labute approximate surface area is 171 Å². The van der Waals surface area contributed by atoms with Crippen LogP contribution in [0.4, 0.5) is 11.6 Å². The summed E-state index contributed by atoms with van der Waals surface area (Å²) in [5, 5.41) is 0.610. The average Bonchev–Trinajstić information content (AvgIpc) is 3.31. The zero-order chi connectivity index (χ0) is 20.1. The van der Waals surface area contributed by atoms with Gasteiger partial charge in [0.15, 0.2) is 11.2 Å². The molecule has 1 aliphatic heterocycles. The Morgan fingerprint density at radius 2 is 1.72 bits per heavy atom. The third kappa shape index (κ3) is 2.77. The lowest BCUT2D eigenvalue weighted by molar-refractivity contribution is 0.652. The topological polar surface area (TPSA) is 65.1 Å². The molecule has 0 saturated heterocycles. The van der Waals surface area contributed by atoms with Gasteiger partial charge in [-0.2, -0.15) is 4.98 Å². The molecule has 0 fully saturated rings. The van der Waals surface area contributed by atoms with Crippen molar-refractivity contribution < 1.29 is 0 Å². The predicted octanol–water partition coefficient (Wildman–Crippen LogP) is 2.75. The molecule has 146 valence electrons. The Morgan fingerprint density at radius 1 is 1.00 bits per heavy atom. The number of para-hydroxylation sites is 1. The van der Waals surface area contributed by atoms with Crippen molar-refractivity contribution in [3.63, 3.8) is 0 Å². The number of nitrogens with zero attached hydrogens (tertiary/aromatic N) is 5. The van der Waals surface area contributed by atoms with Crippen LogP contribution in [0.2, 0.25) is 5.02 Å². The van der Waals surface area contributed by atoms with Crippen LogP contribution in [0.25, 0.3) is 11.2 Å². The summed E-state index contributed by atoms with van der Waals surface area (Å²) in [6, 6.07) is 17.0. The zero-order valence-corrected chi connectivity index (χ0v) is 16.5. The third-order valence-electron chi connectivity index (χ3n) is 5.32. The molecule has 2 aromatic carbocycles. The van der Waals surface area contributed by atoms with Crippen LogP contribution >= 0.6 is 11.6 Å². The lowest BCUT2D eigenvalue weighted by atomic mass is 10.2. The largest absolute Gasteiger partial charge is 0.332 e. The van der Waals surface area contributed by atoms with E-state index in [1.807, 2.05) is 47.0 Å². The number of fused-ring (bicyclic) bond motifs is 3. The molecule has 2 aromatic heterocycles. The average molecular weight is 408 g/mol. The first-order valence-electron chi connectivity index (χ1n) is 9.31. The highest BCUT2D eigenvalue weighted by molar-refractivity contribution is 6.30. The van der Waals surface area contributed by atoms with Crippen LogP contribution in [0, 0.1) is 0 Å². The first kappa shape index (κ1) is 17.8. The van der Waals surface area contributed by atoms with Gasteiger partial charge < -0.3 is 9.47 Å². The number of benzene rings is 2. The van der Waals surface area contributed by atoms with Crippen molar-refractivity contribution in [2.45, 2.75) is 13.1 Å². The third-order valence-corrected chi connectivity index (χ3v) is 5.57. The fraction of sp³-hybridized carbons (Fsp3) is 0.190. The van der Waals surface area contributed by atoms with Gasteiger partial charge in [0, 0.05) is 30.8 Å². The molecule has 0 bridgehead atoms. The zero-order valence-electron chi connectivity index (χ0n) is 15.7. The van der Waals surface area contributed by atoms with E-state index < -0.39 is 0 Å². The molecule has 0 amide bonds. The molecule has 5 rings (SSSR count). The van der Waals surface area contributed by atoms with Crippen molar-refractivity contribution in [3.05, 3.63) is 86.0 Å². The molecule has 0 unspecified atom stereocenters. The van der Waals surface area contributed by atoms with Gasteiger partial charge in [0.05, 0.1) is 6.54 Å². The molecule has 4 aromatic rings. The van der Waals surface area contributed by atoms with Crippen LogP contribution in [0.3, 0.4) is 0 Å². The van der Waals surface area contributed by atoms with Gasteiger partial charge >= 0.3 is 5.69 Å². The van der Waals surface area contributed by atoms with E-state index in [1.165, 1.54) is 9.13 Å². The molecule has 0 radical (unpaired) electrons. The summed E-state index contributed by atoms with van der Waals surface area (Å²) in [7, 11) is 1.65. The maximum Gasteiger partial charge on any atom is 0.332 e. The summed E-state index contributed by atoms with van der Waals surface area (Å²) < 4.78 is 4.61. The molecule has 0 saturated carbocycles. The molecule has 1 aliphatic rings. The van der Waals surface area contributed by atoms with E-state index in [9.17, 15) is 9.59 Å². The first-order valence-corrected chi connectivity index (χ1v) is 9.69. The summed E-state index contributed by atoms with van der Waals surface area (Å²) in [5.41, 5.74) is 1.98. The summed E-state index contributed by atoms with van der Waals surface area (Å²) in [6.07, 6.45) is 0. The van der Waals surface area contributed by atoms with E-state index in [0.29, 0.717) is 28.7 Å². The fourth-order valence-electron chi connectivity index (χ4n) is 3.84. The number of halogens is 1. The molecule has 8 heteroatoms. The van der Waals surface area contributed by atoms with Gasteiger partial charge in [-0.25, -0.2) is 4.79 Å². The van der Waals surface area contributed by atoms with E-state index in [4.69, 9.17) is 11.6 Å². The van der Waals surface area contributed by atoms with Crippen LogP contribution in [0.15, 0.2) is 64.2 Å². The minimum atomic E-state index is -0.388. The van der Waals surface area contributed by atoms with Gasteiger partial charge in [-0.15, -0.1) is 0 Å². The van der Waals surface area contributed by atoms with E-state index in [0.717, 1.165) is 17.8 Å². The van der Waals surface area contributed by atoms with Gasteiger partial charge in [-0.3, -0.25) is 13.9 Å². The van der Waals surface area contributed by atoms with Crippen LogP contribution < -0.4 is 16.1 Å². The molecule has 0 aliphatic carbocycles. The summed E-state index contributed by atoms with van der Waals surface area (Å²) >= 11 is 5.94. The Bertz CT molecular complexity index is 1340.